The molecule has 0 aliphatic heterocycles. The number of hydrogen-bond acceptors (Lipinski definition) is 2. The summed E-state index contributed by atoms with van der Waals surface area (Å²) in [5, 5.41) is 6.68. The first-order chi connectivity index (χ1) is 6.79. The van der Waals surface area contributed by atoms with Crippen LogP contribution >= 0.6 is 0 Å². The van der Waals surface area contributed by atoms with Crippen LogP contribution in [-0.4, -0.2) is 10.2 Å². The number of H-pyrrole nitrogens is 1. The minimum Gasteiger partial charge on any atom is -0.382 e. The maximum absolute atomic E-state index is 5.50. The number of rotatable bonds is 1. The molecule has 0 fully saturated rings. The third-order valence-corrected chi connectivity index (χ3v) is 1.96. The zero-order valence-electron chi connectivity index (χ0n) is 7.49. The molecule has 1 aromatic carbocycles. The van der Waals surface area contributed by atoms with E-state index in [0.717, 1.165) is 16.8 Å². The molecule has 14 heavy (non-hydrogen) atoms. The molecule has 3 nitrogen and oxygen atoms in total. The summed E-state index contributed by atoms with van der Waals surface area (Å²) >= 11 is 0. The van der Waals surface area contributed by atoms with E-state index in [9.17, 15) is 0 Å². The van der Waals surface area contributed by atoms with E-state index < -0.39 is 0 Å². The molecule has 0 bridgehead atoms. The second kappa shape index (κ2) is 3.27. The van der Waals surface area contributed by atoms with Crippen LogP contribution in [0.2, 0.25) is 0 Å². The first kappa shape index (κ1) is 8.39. The summed E-state index contributed by atoms with van der Waals surface area (Å²) < 4.78 is 0. The molecule has 1 aromatic heterocycles. The Hall–Kier alpha value is -2.21. The Morgan fingerprint density at radius 2 is 2.00 bits per heavy atom. The van der Waals surface area contributed by atoms with E-state index in [0.29, 0.717) is 5.82 Å². The van der Waals surface area contributed by atoms with E-state index in [1.54, 1.807) is 6.07 Å². The van der Waals surface area contributed by atoms with Crippen LogP contribution in [0.5, 0.6) is 0 Å². The van der Waals surface area contributed by atoms with Gasteiger partial charge in [-0.25, -0.2) is 0 Å². The first-order valence-electron chi connectivity index (χ1n) is 4.17. The predicted octanol–water partition coefficient (Wildman–Crippen LogP) is 1.64. The maximum atomic E-state index is 5.50. The predicted molar refractivity (Wildman–Crippen MR) is 56.4 cm³/mol. The Kier molecular flexibility index (Phi) is 1.96. The number of aromatic nitrogens is 2. The fourth-order valence-corrected chi connectivity index (χ4v) is 1.23. The van der Waals surface area contributed by atoms with Gasteiger partial charge in [0, 0.05) is 11.6 Å². The smallest absolute Gasteiger partial charge is 0.145 e. The van der Waals surface area contributed by atoms with Crippen molar-refractivity contribution in [2.75, 3.05) is 5.73 Å². The Labute approximate surface area is 82.0 Å². The molecule has 0 unspecified atom stereocenters. The zero-order chi connectivity index (χ0) is 9.97. The van der Waals surface area contributed by atoms with Crippen molar-refractivity contribution in [2.24, 2.45) is 0 Å². The molecule has 0 atom stereocenters. The van der Waals surface area contributed by atoms with Crippen LogP contribution in [0.3, 0.4) is 0 Å². The number of aromatic amines is 1. The van der Waals surface area contributed by atoms with Gasteiger partial charge in [0.05, 0.1) is 5.69 Å². The molecule has 0 saturated heterocycles. The third-order valence-electron chi connectivity index (χ3n) is 1.96. The lowest BCUT2D eigenvalue weighted by Gasteiger charge is -1.96. The van der Waals surface area contributed by atoms with Crippen molar-refractivity contribution in [1.29, 1.82) is 0 Å². The van der Waals surface area contributed by atoms with Crippen molar-refractivity contribution in [3.05, 3.63) is 35.9 Å². The maximum Gasteiger partial charge on any atom is 0.145 e. The number of nitrogens with two attached hydrogens (primary N) is 1. The summed E-state index contributed by atoms with van der Waals surface area (Å²) in [6, 6.07) is 9.41. The lowest BCUT2D eigenvalue weighted by atomic mass is 10.1. The summed E-state index contributed by atoms with van der Waals surface area (Å²) in [4.78, 5) is 0. The van der Waals surface area contributed by atoms with Crippen LogP contribution in [0.15, 0.2) is 30.3 Å². The molecule has 0 radical (unpaired) electrons. The second-order valence-corrected chi connectivity index (χ2v) is 2.93. The molecule has 0 aliphatic carbocycles. The monoisotopic (exact) mass is 183 g/mol. The minimum atomic E-state index is 0.487. The molecule has 0 spiro atoms. The van der Waals surface area contributed by atoms with Crippen LogP contribution in [-0.2, 0) is 0 Å². The quantitative estimate of drug-likeness (QED) is 0.660. The van der Waals surface area contributed by atoms with Crippen molar-refractivity contribution in [1.82, 2.24) is 10.2 Å². The molecule has 2 rings (SSSR count). The average Bonchev–Trinajstić information content (AvgIpc) is 2.65. The number of nitrogen functional groups attached to an aromatic ring is 1. The number of benzene rings is 1. The molecule has 1 heterocycles. The van der Waals surface area contributed by atoms with Gasteiger partial charge in [0.25, 0.3) is 0 Å². The van der Waals surface area contributed by atoms with Gasteiger partial charge in [0.15, 0.2) is 0 Å². The van der Waals surface area contributed by atoms with Crippen molar-refractivity contribution in [2.45, 2.75) is 0 Å². The van der Waals surface area contributed by atoms with E-state index in [4.69, 9.17) is 12.2 Å². The molecular formula is C11H9N3. The van der Waals surface area contributed by atoms with E-state index >= 15 is 0 Å². The number of terminal acetylenes is 1. The van der Waals surface area contributed by atoms with E-state index in [2.05, 4.69) is 16.1 Å². The third kappa shape index (κ3) is 1.46. The first-order valence-corrected chi connectivity index (χ1v) is 4.17. The molecule has 0 aliphatic rings. The van der Waals surface area contributed by atoms with Gasteiger partial charge in [-0.05, 0) is 17.7 Å². The standard InChI is InChI=1S/C11H9N3/c1-2-8-3-5-9(6-4-8)10-7-11(12)14-13-10/h1,3-7H,(H3,12,13,14). The summed E-state index contributed by atoms with van der Waals surface area (Å²) in [6.45, 7) is 0. The molecule has 0 amide bonds. The summed E-state index contributed by atoms with van der Waals surface area (Å²) in [5.41, 5.74) is 8.28. The molecule has 68 valence electrons. The number of nitrogens with one attached hydrogen (secondary N) is 1. The van der Waals surface area contributed by atoms with E-state index in [1.165, 1.54) is 0 Å². The molecular weight excluding hydrogens is 174 g/mol. The van der Waals surface area contributed by atoms with Crippen LogP contribution in [0.4, 0.5) is 5.82 Å². The van der Waals surface area contributed by atoms with Gasteiger partial charge < -0.3 is 5.73 Å². The fraction of sp³-hybridized carbons (Fsp3) is 0. The van der Waals surface area contributed by atoms with Crippen molar-refractivity contribution in [3.63, 3.8) is 0 Å². The van der Waals surface area contributed by atoms with Crippen LogP contribution in [0.1, 0.15) is 5.56 Å². The van der Waals surface area contributed by atoms with Crippen LogP contribution in [0, 0.1) is 12.3 Å². The van der Waals surface area contributed by atoms with Gasteiger partial charge in [-0.15, -0.1) is 6.42 Å². The number of nitrogens with zero attached hydrogens (tertiary/aromatic N) is 1. The Bertz CT molecular complexity index is 474. The summed E-state index contributed by atoms with van der Waals surface area (Å²) in [6.07, 6.45) is 5.25. The largest absolute Gasteiger partial charge is 0.382 e. The average molecular weight is 183 g/mol. The van der Waals surface area contributed by atoms with Gasteiger partial charge >= 0.3 is 0 Å². The van der Waals surface area contributed by atoms with Crippen LogP contribution in [0.25, 0.3) is 11.3 Å². The van der Waals surface area contributed by atoms with E-state index in [1.807, 2.05) is 24.3 Å². The van der Waals surface area contributed by atoms with Crippen molar-refractivity contribution < 1.29 is 0 Å². The SMILES string of the molecule is C#Cc1ccc(-c2cc(N)n[nH]2)cc1. The second-order valence-electron chi connectivity index (χ2n) is 2.93. The Morgan fingerprint density at radius 1 is 1.29 bits per heavy atom. The molecule has 3 heteroatoms. The Morgan fingerprint density at radius 3 is 2.50 bits per heavy atom. The fourth-order valence-electron chi connectivity index (χ4n) is 1.23. The topological polar surface area (TPSA) is 54.7 Å². The van der Waals surface area contributed by atoms with Gasteiger partial charge in [-0.1, -0.05) is 18.1 Å². The van der Waals surface area contributed by atoms with Crippen molar-refractivity contribution >= 4 is 5.82 Å². The van der Waals surface area contributed by atoms with E-state index in [-0.39, 0.29) is 0 Å². The van der Waals surface area contributed by atoms with Gasteiger partial charge in [-0.2, -0.15) is 5.10 Å². The van der Waals surface area contributed by atoms with Gasteiger partial charge in [0.1, 0.15) is 5.82 Å². The van der Waals surface area contributed by atoms with Gasteiger partial charge in [0.2, 0.25) is 0 Å². The molecule has 2 aromatic rings. The number of anilines is 1. The van der Waals surface area contributed by atoms with Crippen molar-refractivity contribution in [3.8, 4) is 23.6 Å². The van der Waals surface area contributed by atoms with Crippen LogP contribution < -0.4 is 5.73 Å². The minimum absolute atomic E-state index is 0.487. The summed E-state index contributed by atoms with van der Waals surface area (Å²) in [5.74, 6) is 3.05. The number of hydrogen-bond donors (Lipinski definition) is 2. The van der Waals surface area contributed by atoms with Gasteiger partial charge in [-0.3, -0.25) is 5.10 Å². The highest BCUT2D eigenvalue weighted by atomic mass is 15.2. The molecule has 3 N–H and O–H groups in total. The highest BCUT2D eigenvalue weighted by Crippen LogP contribution is 2.18. The zero-order valence-corrected chi connectivity index (χ0v) is 7.49. The normalized spacial score (nSPS) is 9.64. The summed E-state index contributed by atoms with van der Waals surface area (Å²) in [7, 11) is 0. The Balaban J connectivity index is 2.39. The molecule has 0 saturated carbocycles. The highest BCUT2D eigenvalue weighted by Gasteiger charge is 2.00. The lowest BCUT2D eigenvalue weighted by molar-refractivity contribution is 1.10. The lowest BCUT2D eigenvalue weighted by Crippen LogP contribution is -1.81. The highest BCUT2D eigenvalue weighted by molar-refractivity contribution is 5.62.